The van der Waals surface area contributed by atoms with Gasteiger partial charge < -0.3 is 10.2 Å². The van der Waals surface area contributed by atoms with Gasteiger partial charge in [0.15, 0.2) is 0 Å². The first-order valence-corrected chi connectivity index (χ1v) is 3.18. The van der Waals surface area contributed by atoms with E-state index in [1.807, 2.05) is 0 Å². The molecule has 0 aliphatic rings. The van der Waals surface area contributed by atoms with Crippen LogP contribution in [0.3, 0.4) is 0 Å². The van der Waals surface area contributed by atoms with Gasteiger partial charge >= 0.3 is 11.9 Å². The summed E-state index contributed by atoms with van der Waals surface area (Å²) in [6, 6.07) is 5.48. The van der Waals surface area contributed by atoms with Gasteiger partial charge in [-0.25, -0.2) is 9.59 Å². The van der Waals surface area contributed by atoms with Crippen LogP contribution in [0.2, 0.25) is 0 Å². The van der Waals surface area contributed by atoms with Gasteiger partial charge in [0.1, 0.15) is 0 Å². The fourth-order valence-corrected chi connectivity index (χ4v) is 0.856. The normalized spacial score (nSPS) is 8.62. The summed E-state index contributed by atoms with van der Waals surface area (Å²) in [4.78, 5) is 20.9. The predicted octanol–water partition coefficient (Wildman–Crippen LogP) is 1.73. The highest BCUT2D eigenvalue weighted by molar-refractivity contribution is 7.59. The summed E-state index contributed by atoms with van der Waals surface area (Å²) < 4.78 is 0. The molecule has 0 spiro atoms. The molecule has 0 aromatic heterocycles. The SMILES string of the molecule is O=C(O)c1ccccc1C(=O)O.[S]. The number of carboxylic acids is 2. The number of carbonyl (C=O) groups is 2. The lowest BCUT2D eigenvalue weighted by atomic mass is 10.1. The number of rotatable bonds is 2. The van der Waals surface area contributed by atoms with Crippen LogP contribution in [0.1, 0.15) is 20.7 Å². The van der Waals surface area contributed by atoms with Crippen molar-refractivity contribution in [1.82, 2.24) is 0 Å². The highest BCUT2D eigenvalue weighted by Gasteiger charge is 2.13. The van der Waals surface area contributed by atoms with E-state index in [-0.39, 0.29) is 24.6 Å². The van der Waals surface area contributed by atoms with Gasteiger partial charge in [-0.3, -0.25) is 0 Å². The van der Waals surface area contributed by atoms with Gasteiger partial charge in [-0.15, -0.1) is 0 Å². The molecule has 1 aromatic rings. The molecule has 0 fully saturated rings. The predicted molar refractivity (Wildman–Crippen MR) is 48.0 cm³/mol. The van der Waals surface area contributed by atoms with Crippen molar-refractivity contribution in [3.8, 4) is 0 Å². The Morgan fingerprint density at radius 2 is 1.23 bits per heavy atom. The van der Waals surface area contributed by atoms with Gasteiger partial charge in [-0.2, -0.15) is 0 Å². The molecule has 0 saturated carbocycles. The molecule has 1 rings (SSSR count). The van der Waals surface area contributed by atoms with Crippen LogP contribution in [-0.2, 0) is 0 Å². The van der Waals surface area contributed by atoms with Crippen molar-refractivity contribution in [1.29, 1.82) is 0 Å². The smallest absolute Gasteiger partial charge is 0.336 e. The van der Waals surface area contributed by atoms with Crippen LogP contribution in [0, 0.1) is 0 Å². The van der Waals surface area contributed by atoms with Gasteiger partial charge in [0.25, 0.3) is 0 Å². The Bertz CT molecular complexity index is 302. The second-order valence-electron chi connectivity index (χ2n) is 2.16. The quantitative estimate of drug-likeness (QED) is 0.758. The van der Waals surface area contributed by atoms with Crippen molar-refractivity contribution in [3.05, 3.63) is 35.4 Å². The molecule has 0 heterocycles. The zero-order valence-electron chi connectivity index (χ0n) is 6.43. The summed E-state index contributed by atoms with van der Waals surface area (Å²) in [5, 5.41) is 17.1. The monoisotopic (exact) mass is 198 g/mol. The third-order valence-corrected chi connectivity index (χ3v) is 1.39. The molecule has 5 heteroatoms. The average Bonchev–Trinajstić information content (AvgIpc) is 2.04. The lowest BCUT2D eigenvalue weighted by molar-refractivity contribution is 0.0651. The van der Waals surface area contributed by atoms with Gasteiger partial charge in [0.2, 0.25) is 0 Å². The first-order valence-electron chi connectivity index (χ1n) is 3.18. The first kappa shape index (κ1) is 11.5. The maximum atomic E-state index is 10.5. The highest BCUT2D eigenvalue weighted by Crippen LogP contribution is 2.07. The third kappa shape index (κ3) is 2.48. The molecule has 1 aromatic carbocycles. The van der Waals surface area contributed by atoms with Crippen molar-refractivity contribution in [3.63, 3.8) is 0 Å². The van der Waals surface area contributed by atoms with Crippen LogP contribution in [0.5, 0.6) is 0 Å². The Hall–Kier alpha value is -1.49. The lowest BCUT2D eigenvalue weighted by Gasteiger charge is -1.98. The van der Waals surface area contributed by atoms with Crippen molar-refractivity contribution in [2.24, 2.45) is 0 Å². The van der Waals surface area contributed by atoms with Crippen molar-refractivity contribution in [2.45, 2.75) is 0 Å². The highest BCUT2D eigenvalue weighted by atomic mass is 32.1. The Morgan fingerprint density at radius 1 is 0.923 bits per heavy atom. The van der Waals surface area contributed by atoms with Gasteiger partial charge in [0.05, 0.1) is 11.1 Å². The zero-order valence-corrected chi connectivity index (χ0v) is 7.25. The maximum absolute atomic E-state index is 10.5. The number of carboxylic acid groups (broad SMARTS) is 2. The summed E-state index contributed by atoms with van der Waals surface area (Å²) in [5.41, 5.74) is -0.380. The molecule has 0 atom stereocenters. The summed E-state index contributed by atoms with van der Waals surface area (Å²) in [6.45, 7) is 0. The summed E-state index contributed by atoms with van der Waals surface area (Å²) in [7, 11) is 0. The van der Waals surface area contributed by atoms with Crippen LogP contribution in [-0.4, -0.2) is 22.2 Å². The average molecular weight is 198 g/mol. The molecule has 0 bridgehead atoms. The molecule has 13 heavy (non-hydrogen) atoms. The fourth-order valence-electron chi connectivity index (χ4n) is 0.856. The Morgan fingerprint density at radius 3 is 1.46 bits per heavy atom. The minimum atomic E-state index is -1.23. The summed E-state index contributed by atoms with van der Waals surface area (Å²) >= 11 is 0. The van der Waals surface area contributed by atoms with Crippen molar-refractivity contribution < 1.29 is 19.8 Å². The first-order chi connectivity index (χ1) is 5.63. The zero-order chi connectivity index (χ0) is 9.14. The van der Waals surface area contributed by atoms with E-state index in [1.165, 1.54) is 24.3 Å². The molecule has 4 nitrogen and oxygen atoms in total. The molecule has 0 unspecified atom stereocenters. The number of hydrogen-bond acceptors (Lipinski definition) is 2. The van der Waals surface area contributed by atoms with E-state index in [0.29, 0.717) is 0 Å². The van der Waals surface area contributed by atoms with Crippen LogP contribution in [0.25, 0.3) is 0 Å². The molecule has 0 aliphatic heterocycles. The molecular formula is C8H6O4S. The minimum Gasteiger partial charge on any atom is -0.478 e. The summed E-state index contributed by atoms with van der Waals surface area (Å²) in [5.74, 6) is -2.46. The van der Waals surface area contributed by atoms with Crippen LogP contribution in [0.4, 0.5) is 0 Å². The molecule has 0 amide bonds. The molecule has 0 saturated heterocycles. The second kappa shape index (κ2) is 4.51. The Balaban J connectivity index is 0.00000144. The third-order valence-electron chi connectivity index (χ3n) is 1.39. The Labute approximate surface area is 81.3 Å². The van der Waals surface area contributed by atoms with Crippen molar-refractivity contribution >= 4 is 25.4 Å². The minimum absolute atomic E-state index is 0. The molecule has 2 N–H and O–H groups in total. The lowest BCUT2D eigenvalue weighted by Crippen LogP contribution is -2.06. The number of benzene rings is 1. The second-order valence-corrected chi connectivity index (χ2v) is 2.16. The molecule has 0 aliphatic carbocycles. The van der Waals surface area contributed by atoms with Gasteiger partial charge in [0, 0.05) is 13.5 Å². The largest absolute Gasteiger partial charge is 0.478 e. The van der Waals surface area contributed by atoms with E-state index in [4.69, 9.17) is 10.2 Å². The Kier molecular flexibility index (Phi) is 4.00. The molecule has 2 radical (unpaired) electrons. The van der Waals surface area contributed by atoms with Crippen LogP contribution in [0.15, 0.2) is 24.3 Å². The number of aromatic carboxylic acids is 2. The van der Waals surface area contributed by atoms with E-state index in [2.05, 4.69) is 0 Å². The van der Waals surface area contributed by atoms with Crippen LogP contribution >= 0.6 is 13.5 Å². The van der Waals surface area contributed by atoms with E-state index in [0.717, 1.165) is 0 Å². The van der Waals surface area contributed by atoms with E-state index < -0.39 is 11.9 Å². The molecule has 68 valence electrons. The topological polar surface area (TPSA) is 74.6 Å². The fraction of sp³-hybridized carbons (Fsp3) is 0. The van der Waals surface area contributed by atoms with E-state index in [1.54, 1.807) is 0 Å². The number of hydrogen-bond donors (Lipinski definition) is 2. The molecular weight excluding hydrogens is 192 g/mol. The maximum Gasteiger partial charge on any atom is 0.336 e. The van der Waals surface area contributed by atoms with Gasteiger partial charge in [-0.05, 0) is 12.1 Å². The van der Waals surface area contributed by atoms with Crippen LogP contribution < -0.4 is 0 Å². The standard InChI is InChI=1S/C8H6O4.S/c9-7(10)5-3-1-2-4-6(5)8(11)12;/h1-4H,(H,9,10)(H,11,12);. The van der Waals surface area contributed by atoms with E-state index in [9.17, 15) is 9.59 Å². The van der Waals surface area contributed by atoms with Gasteiger partial charge in [-0.1, -0.05) is 12.1 Å². The van der Waals surface area contributed by atoms with E-state index >= 15 is 0 Å². The summed E-state index contributed by atoms with van der Waals surface area (Å²) in [6.07, 6.45) is 0. The van der Waals surface area contributed by atoms with Crippen molar-refractivity contribution in [2.75, 3.05) is 0 Å².